The molecule has 1 aromatic carbocycles. The quantitative estimate of drug-likeness (QED) is 0.824. The summed E-state index contributed by atoms with van der Waals surface area (Å²) in [6, 6.07) is 4.64. The van der Waals surface area contributed by atoms with E-state index in [4.69, 9.17) is 33.7 Å². The van der Waals surface area contributed by atoms with Gasteiger partial charge in [-0.15, -0.1) is 12.4 Å². The van der Waals surface area contributed by atoms with Gasteiger partial charge in [0.05, 0.1) is 6.61 Å². The molecule has 3 N–H and O–H groups in total. The van der Waals surface area contributed by atoms with Crippen LogP contribution in [0.4, 0.5) is 0 Å². The summed E-state index contributed by atoms with van der Waals surface area (Å²) in [5.41, 5.74) is 6.14. The van der Waals surface area contributed by atoms with Gasteiger partial charge in [0, 0.05) is 22.7 Å². The van der Waals surface area contributed by atoms with Gasteiger partial charge >= 0.3 is 0 Å². The van der Waals surface area contributed by atoms with Crippen LogP contribution in [0.25, 0.3) is 0 Å². The van der Waals surface area contributed by atoms with Crippen LogP contribution >= 0.6 is 35.6 Å². The number of hydrogen-bond acceptors (Lipinski definition) is 3. The number of amides is 1. The first-order chi connectivity index (χ1) is 9.25. The summed E-state index contributed by atoms with van der Waals surface area (Å²) in [6.45, 7) is 4.01. The molecule has 7 heteroatoms. The molecule has 120 valence electrons. The summed E-state index contributed by atoms with van der Waals surface area (Å²) in [5.74, 6) is -0.248. The van der Waals surface area contributed by atoms with Gasteiger partial charge in [-0.1, -0.05) is 29.3 Å². The highest BCUT2D eigenvalue weighted by Crippen LogP contribution is 2.24. The standard InChI is InChI=1S/C14H20Cl2N2O2.ClH/c1-14(2,18-13(19)12(17)8-20-3)7-9-4-5-10(15)6-11(9)16;/h4-6,12H,7-8,17H2,1-3H3,(H,18,19);1H. The van der Waals surface area contributed by atoms with Crippen LogP contribution in [0.1, 0.15) is 19.4 Å². The smallest absolute Gasteiger partial charge is 0.239 e. The van der Waals surface area contributed by atoms with Crippen LogP contribution in [0.3, 0.4) is 0 Å². The molecule has 0 saturated heterocycles. The summed E-state index contributed by atoms with van der Waals surface area (Å²) in [4.78, 5) is 11.9. The second kappa shape index (κ2) is 8.81. The summed E-state index contributed by atoms with van der Waals surface area (Å²) in [6.07, 6.45) is 0.578. The van der Waals surface area contributed by atoms with Crippen LogP contribution in [0.2, 0.25) is 10.0 Å². The first kappa shape index (κ1) is 20.5. The molecule has 0 fully saturated rings. The Kier molecular flexibility index (Phi) is 8.59. The number of benzene rings is 1. The molecule has 1 rings (SSSR count). The second-order valence-electron chi connectivity index (χ2n) is 5.35. The van der Waals surface area contributed by atoms with Crippen molar-refractivity contribution in [1.29, 1.82) is 0 Å². The highest BCUT2D eigenvalue weighted by atomic mass is 35.5. The Hall–Kier alpha value is -0.520. The van der Waals surface area contributed by atoms with Crippen molar-refractivity contribution in [2.45, 2.75) is 31.8 Å². The fourth-order valence-corrected chi connectivity index (χ4v) is 2.34. The van der Waals surface area contributed by atoms with E-state index in [-0.39, 0.29) is 24.9 Å². The molecule has 1 amide bonds. The third-order valence-electron chi connectivity index (χ3n) is 2.79. The minimum Gasteiger partial charge on any atom is -0.383 e. The Labute approximate surface area is 141 Å². The van der Waals surface area contributed by atoms with Crippen LogP contribution < -0.4 is 11.1 Å². The monoisotopic (exact) mass is 354 g/mol. The molecule has 0 aliphatic heterocycles. The Morgan fingerprint density at radius 2 is 2.05 bits per heavy atom. The van der Waals surface area contributed by atoms with E-state index >= 15 is 0 Å². The first-order valence-corrected chi connectivity index (χ1v) is 7.01. The van der Waals surface area contributed by atoms with Crippen LogP contribution in [0.5, 0.6) is 0 Å². The lowest BCUT2D eigenvalue weighted by Crippen LogP contribution is -2.52. The molecule has 1 aromatic rings. The average molecular weight is 356 g/mol. The molecule has 0 saturated carbocycles. The number of carbonyl (C=O) groups excluding carboxylic acids is 1. The largest absolute Gasteiger partial charge is 0.383 e. The van der Waals surface area contributed by atoms with E-state index in [0.717, 1.165) is 5.56 Å². The summed E-state index contributed by atoms with van der Waals surface area (Å²) in [7, 11) is 1.51. The summed E-state index contributed by atoms with van der Waals surface area (Å²) >= 11 is 12.0. The normalized spacial score (nSPS) is 12.5. The molecular weight excluding hydrogens is 335 g/mol. The molecule has 21 heavy (non-hydrogen) atoms. The number of rotatable bonds is 6. The fraction of sp³-hybridized carbons (Fsp3) is 0.500. The maximum absolute atomic E-state index is 11.9. The van der Waals surface area contributed by atoms with Crippen molar-refractivity contribution in [3.8, 4) is 0 Å². The Balaban J connectivity index is 0.00000400. The van der Waals surface area contributed by atoms with Crippen LogP contribution in [-0.4, -0.2) is 31.2 Å². The van der Waals surface area contributed by atoms with E-state index in [0.29, 0.717) is 16.5 Å². The molecule has 0 aliphatic carbocycles. The number of ether oxygens (including phenoxy) is 1. The molecule has 0 heterocycles. The molecule has 0 radical (unpaired) electrons. The van der Waals surface area contributed by atoms with Gasteiger partial charge in [0.15, 0.2) is 0 Å². The van der Waals surface area contributed by atoms with E-state index in [1.54, 1.807) is 12.1 Å². The highest BCUT2D eigenvalue weighted by Gasteiger charge is 2.25. The van der Waals surface area contributed by atoms with E-state index < -0.39 is 11.6 Å². The maximum atomic E-state index is 11.9. The Bertz CT molecular complexity index is 481. The third kappa shape index (κ3) is 6.85. The Morgan fingerprint density at radius 1 is 1.43 bits per heavy atom. The predicted octanol–water partition coefficient (Wildman–Crippen LogP) is 2.83. The summed E-state index contributed by atoms with van der Waals surface area (Å²) < 4.78 is 4.87. The van der Waals surface area contributed by atoms with Crippen molar-refractivity contribution in [1.82, 2.24) is 5.32 Å². The molecule has 1 unspecified atom stereocenters. The molecule has 4 nitrogen and oxygen atoms in total. The lowest BCUT2D eigenvalue weighted by atomic mass is 9.94. The lowest BCUT2D eigenvalue weighted by molar-refractivity contribution is -0.125. The molecular formula is C14H21Cl3N2O2. The van der Waals surface area contributed by atoms with Gasteiger partial charge in [-0.25, -0.2) is 0 Å². The minimum atomic E-state index is -0.681. The number of methoxy groups -OCH3 is 1. The van der Waals surface area contributed by atoms with Crippen molar-refractivity contribution >= 4 is 41.5 Å². The zero-order valence-electron chi connectivity index (χ0n) is 12.3. The maximum Gasteiger partial charge on any atom is 0.239 e. The Morgan fingerprint density at radius 3 is 2.57 bits per heavy atom. The summed E-state index contributed by atoms with van der Waals surface area (Å²) in [5, 5.41) is 4.07. The average Bonchev–Trinajstić information content (AvgIpc) is 2.32. The van der Waals surface area contributed by atoms with E-state index in [1.165, 1.54) is 7.11 Å². The van der Waals surface area contributed by atoms with Crippen molar-refractivity contribution in [2.24, 2.45) is 5.73 Å². The van der Waals surface area contributed by atoms with Crippen molar-refractivity contribution in [3.63, 3.8) is 0 Å². The zero-order valence-corrected chi connectivity index (χ0v) is 14.6. The molecule has 0 bridgehead atoms. The third-order valence-corrected chi connectivity index (χ3v) is 3.38. The van der Waals surface area contributed by atoms with Crippen molar-refractivity contribution < 1.29 is 9.53 Å². The number of hydrogen-bond donors (Lipinski definition) is 2. The molecule has 0 spiro atoms. The van der Waals surface area contributed by atoms with E-state index in [2.05, 4.69) is 5.32 Å². The van der Waals surface area contributed by atoms with Gasteiger partial charge in [0.25, 0.3) is 0 Å². The number of halogens is 3. The topological polar surface area (TPSA) is 64.3 Å². The van der Waals surface area contributed by atoms with Crippen molar-refractivity contribution in [3.05, 3.63) is 33.8 Å². The van der Waals surface area contributed by atoms with Crippen LogP contribution in [0.15, 0.2) is 18.2 Å². The number of nitrogens with two attached hydrogens (primary N) is 1. The fourth-order valence-electron chi connectivity index (χ4n) is 1.87. The minimum absolute atomic E-state index is 0. The van der Waals surface area contributed by atoms with Gasteiger partial charge in [-0.05, 0) is 38.0 Å². The van der Waals surface area contributed by atoms with Gasteiger partial charge < -0.3 is 15.8 Å². The molecule has 0 aliphatic rings. The van der Waals surface area contributed by atoms with Crippen molar-refractivity contribution in [2.75, 3.05) is 13.7 Å². The molecule has 0 aromatic heterocycles. The van der Waals surface area contributed by atoms with E-state index in [9.17, 15) is 4.79 Å². The number of carbonyl (C=O) groups is 1. The second-order valence-corrected chi connectivity index (χ2v) is 6.19. The van der Waals surface area contributed by atoms with Gasteiger partial charge in [-0.2, -0.15) is 0 Å². The lowest BCUT2D eigenvalue weighted by Gasteiger charge is -2.28. The van der Waals surface area contributed by atoms with Crippen LogP contribution in [-0.2, 0) is 16.0 Å². The predicted molar refractivity (Wildman–Crippen MR) is 89.5 cm³/mol. The SMILES string of the molecule is COCC(N)C(=O)NC(C)(C)Cc1ccc(Cl)cc1Cl.Cl. The van der Waals surface area contributed by atoms with Gasteiger partial charge in [-0.3, -0.25) is 4.79 Å². The zero-order chi connectivity index (χ0) is 15.3. The van der Waals surface area contributed by atoms with Crippen LogP contribution in [0, 0.1) is 0 Å². The van der Waals surface area contributed by atoms with E-state index in [1.807, 2.05) is 19.9 Å². The van der Waals surface area contributed by atoms with Gasteiger partial charge in [0.2, 0.25) is 5.91 Å². The number of nitrogens with one attached hydrogen (secondary N) is 1. The highest BCUT2D eigenvalue weighted by molar-refractivity contribution is 6.35. The first-order valence-electron chi connectivity index (χ1n) is 6.25. The van der Waals surface area contributed by atoms with Gasteiger partial charge in [0.1, 0.15) is 6.04 Å². The molecule has 1 atom stereocenters.